The van der Waals surface area contributed by atoms with E-state index in [1.54, 1.807) is 4.90 Å². The van der Waals surface area contributed by atoms with Crippen molar-refractivity contribution in [2.24, 2.45) is 5.92 Å². The van der Waals surface area contributed by atoms with Crippen molar-refractivity contribution in [1.29, 1.82) is 0 Å². The molecular formula is C15H20F3N3O2. The molecule has 1 aromatic heterocycles. The number of aromatic amines is 1. The number of H-pyrrole nitrogens is 1. The van der Waals surface area contributed by atoms with E-state index < -0.39 is 18.0 Å². The van der Waals surface area contributed by atoms with Crippen LogP contribution in [-0.4, -0.2) is 45.1 Å². The summed E-state index contributed by atoms with van der Waals surface area (Å²) in [6.45, 7) is 0.990. The fraction of sp³-hybridized carbons (Fsp3) is 0.733. The first-order chi connectivity index (χ1) is 10.9. The third kappa shape index (κ3) is 3.36. The Morgan fingerprint density at radius 3 is 2.48 bits per heavy atom. The Bertz CT molecular complexity index is 565. The first-order valence-electron chi connectivity index (χ1n) is 7.95. The van der Waals surface area contributed by atoms with Gasteiger partial charge in [-0.25, -0.2) is 4.98 Å². The van der Waals surface area contributed by atoms with E-state index in [0.717, 1.165) is 12.6 Å². The number of nitrogens with zero attached hydrogens (tertiary/aromatic N) is 2. The summed E-state index contributed by atoms with van der Waals surface area (Å²) in [4.78, 5) is 20.3. The van der Waals surface area contributed by atoms with Crippen LogP contribution in [0.1, 0.15) is 49.5 Å². The predicted octanol–water partition coefficient (Wildman–Crippen LogP) is 2.30. The number of carbonyl (C=O) groups excluding carboxylic acids is 1. The van der Waals surface area contributed by atoms with Crippen molar-refractivity contribution in [3.63, 3.8) is 0 Å². The zero-order valence-corrected chi connectivity index (χ0v) is 12.6. The molecule has 1 saturated carbocycles. The normalized spacial score (nSPS) is 26.7. The fourth-order valence-electron chi connectivity index (χ4n) is 3.52. The molecule has 0 aromatic carbocycles. The summed E-state index contributed by atoms with van der Waals surface area (Å²) in [6, 6.07) is 0. The largest absolute Gasteiger partial charge is 0.432 e. The molecule has 5 nitrogen and oxygen atoms in total. The summed E-state index contributed by atoms with van der Waals surface area (Å²) in [5, 5.41) is 9.83. The van der Waals surface area contributed by atoms with E-state index in [1.165, 1.54) is 0 Å². The monoisotopic (exact) mass is 331 g/mol. The van der Waals surface area contributed by atoms with Crippen molar-refractivity contribution in [3.05, 3.63) is 17.7 Å². The number of halogens is 3. The van der Waals surface area contributed by atoms with Crippen molar-refractivity contribution >= 4 is 5.91 Å². The van der Waals surface area contributed by atoms with Gasteiger partial charge in [0, 0.05) is 19.0 Å². The Balaban J connectivity index is 1.58. The lowest BCUT2D eigenvalue weighted by Gasteiger charge is -2.33. The van der Waals surface area contributed by atoms with Gasteiger partial charge in [-0.05, 0) is 32.1 Å². The van der Waals surface area contributed by atoms with E-state index in [2.05, 4.69) is 9.97 Å². The van der Waals surface area contributed by atoms with E-state index in [0.29, 0.717) is 44.6 Å². The SMILES string of the molecule is O=C(C1CCCC1O)N1CCC(c2ncc(C(F)(F)F)[nH]2)CC1. The van der Waals surface area contributed by atoms with E-state index in [-0.39, 0.29) is 17.7 Å². The summed E-state index contributed by atoms with van der Waals surface area (Å²) in [7, 11) is 0. The molecule has 1 saturated heterocycles. The van der Waals surface area contributed by atoms with Crippen molar-refractivity contribution in [2.75, 3.05) is 13.1 Å². The van der Waals surface area contributed by atoms with Crippen LogP contribution in [0.2, 0.25) is 0 Å². The molecule has 1 aromatic rings. The number of hydrogen-bond donors (Lipinski definition) is 2. The second-order valence-corrected chi connectivity index (χ2v) is 6.38. The van der Waals surface area contributed by atoms with E-state index in [9.17, 15) is 23.1 Å². The third-order valence-corrected chi connectivity index (χ3v) is 4.89. The molecule has 2 aliphatic rings. The van der Waals surface area contributed by atoms with Gasteiger partial charge in [-0.2, -0.15) is 13.2 Å². The quantitative estimate of drug-likeness (QED) is 0.874. The minimum absolute atomic E-state index is 0.0242. The first kappa shape index (κ1) is 16.3. The maximum absolute atomic E-state index is 12.6. The number of aliphatic hydroxyl groups is 1. The Hall–Kier alpha value is -1.57. The van der Waals surface area contributed by atoms with Gasteiger partial charge in [-0.1, -0.05) is 0 Å². The summed E-state index contributed by atoms with van der Waals surface area (Å²) < 4.78 is 37.8. The summed E-state index contributed by atoms with van der Waals surface area (Å²) in [5.41, 5.74) is -0.833. The molecule has 0 bridgehead atoms. The second-order valence-electron chi connectivity index (χ2n) is 6.38. The Labute approximate surface area is 131 Å². The number of aliphatic hydroxyl groups excluding tert-OH is 1. The number of likely N-dealkylation sites (tertiary alicyclic amines) is 1. The third-order valence-electron chi connectivity index (χ3n) is 4.89. The lowest BCUT2D eigenvalue weighted by atomic mass is 9.94. The van der Waals surface area contributed by atoms with Crippen LogP contribution in [-0.2, 0) is 11.0 Å². The van der Waals surface area contributed by atoms with Gasteiger partial charge < -0.3 is 15.0 Å². The highest BCUT2D eigenvalue weighted by atomic mass is 19.4. The van der Waals surface area contributed by atoms with E-state index in [4.69, 9.17) is 0 Å². The minimum atomic E-state index is -4.42. The standard InChI is InChI=1S/C15H20F3N3O2/c16-15(17,18)12-8-19-13(20-12)9-4-6-21(7-5-9)14(23)10-2-1-3-11(10)22/h8-11,22H,1-7H2,(H,19,20). The highest BCUT2D eigenvalue weighted by molar-refractivity contribution is 5.79. The van der Waals surface area contributed by atoms with Gasteiger partial charge in [0.05, 0.1) is 18.2 Å². The second kappa shape index (κ2) is 6.14. The topological polar surface area (TPSA) is 69.2 Å². The van der Waals surface area contributed by atoms with Gasteiger partial charge in [-0.15, -0.1) is 0 Å². The number of rotatable bonds is 2. The van der Waals surface area contributed by atoms with Gasteiger partial charge in [0.2, 0.25) is 5.91 Å². The maximum Gasteiger partial charge on any atom is 0.432 e. The average Bonchev–Trinajstić information content (AvgIpc) is 3.15. The molecule has 23 heavy (non-hydrogen) atoms. The number of carbonyl (C=O) groups is 1. The number of hydrogen-bond acceptors (Lipinski definition) is 3. The van der Waals surface area contributed by atoms with E-state index in [1.807, 2.05) is 0 Å². The van der Waals surface area contributed by atoms with Gasteiger partial charge in [0.15, 0.2) is 0 Å². The number of alkyl halides is 3. The van der Waals surface area contributed by atoms with Crippen molar-refractivity contribution in [1.82, 2.24) is 14.9 Å². The number of piperidine rings is 1. The van der Waals surface area contributed by atoms with Crippen LogP contribution >= 0.6 is 0 Å². The molecule has 2 fully saturated rings. The van der Waals surface area contributed by atoms with Gasteiger partial charge in [-0.3, -0.25) is 4.79 Å². The molecule has 1 amide bonds. The summed E-state index contributed by atoms with van der Waals surface area (Å²) >= 11 is 0. The minimum Gasteiger partial charge on any atom is -0.392 e. The van der Waals surface area contributed by atoms with Crippen LogP contribution in [0.4, 0.5) is 13.2 Å². The summed E-state index contributed by atoms with van der Waals surface area (Å²) in [5.74, 6) is -0.0927. The highest BCUT2D eigenvalue weighted by Gasteiger charge is 2.37. The van der Waals surface area contributed by atoms with Crippen molar-refractivity contribution < 1.29 is 23.1 Å². The van der Waals surface area contributed by atoms with Gasteiger partial charge >= 0.3 is 6.18 Å². The number of nitrogens with one attached hydrogen (secondary N) is 1. The number of imidazole rings is 1. The Morgan fingerprint density at radius 1 is 1.26 bits per heavy atom. The average molecular weight is 331 g/mol. The zero-order chi connectivity index (χ0) is 16.6. The summed E-state index contributed by atoms with van der Waals surface area (Å²) in [6.07, 6.45) is -0.742. The fourth-order valence-corrected chi connectivity index (χ4v) is 3.52. The Morgan fingerprint density at radius 2 is 1.96 bits per heavy atom. The molecule has 128 valence electrons. The number of aromatic nitrogens is 2. The molecule has 2 heterocycles. The molecule has 1 aliphatic heterocycles. The molecule has 0 spiro atoms. The van der Waals surface area contributed by atoms with Crippen LogP contribution < -0.4 is 0 Å². The van der Waals surface area contributed by atoms with Crippen LogP contribution in [0.25, 0.3) is 0 Å². The van der Waals surface area contributed by atoms with Crippen LogP contribution in [0.3, 0.4) is 0 Å². The lowest BCUT2D eigenvalue weighted by molar-refractivity contribution is -0.141. The van der Waals surface area contributed by atoms with Gasteiger partial charge in [0.1, 0.15) is 11.5 Å². The lowest BCUT2D eigenvalue weighted by Crippen LogP contribution is -2.43. The highest BCUT2D eigenvalue weighted by Crippen LogP contribution is 2.33. The molecule has 2 N–H and O–H groups in total. The van der Waals surface area contributed by atoms with Crippen molar-refractivity contribution in [2.45, 2.75) is 50.3 Å². The van der Waals surface area contributed by atoms with Crippen LogP contribution in [0.5, 0.6) is 0 Å². The first-order valence-corrected chi connectivity index (χ1v) is 7.95. The zero-order valence-electron chi connectivity index (χ0n) is 12.6. The van der Waals surface area contributed by atoms with Crippen LogP contribution in [0, 0.1) is 5.92 Å². The van der Waals surface area contributed by atoms with E-state index >= 15 is 0 Å². The molecule has 0 radical (unpaired) electrons. The molecule has 3 rings (SSSR count). The maximum atomic E-state index is 12.6. The van der Waals surface area contributed by atoms with Gasteiger partial charge in [0.25, 0.3) is 0 Å². The van der Waals surface area contributed by atoms with Crippen LogP contribution in [0.15, 0.2) is 6.20 Å². The molecule has 2 unspecified atom stereocenters. The van der Waals surface area contributed by atoms with Crippen molar-refractivity contribution in [3.8, 4) is 0 Å². The molecule has 2 atom stereocenters. The molecule has 1 aliphatic carbocycles. The Kier molecular flexibility index (Phi) is 4.35. The molecular weight excluding hydrogens is 311 g/mol. The smallest absolute Gasteiger partial charge is 0.392 e. The molecule has 8 heteroatoms. The predicted molar refractivity (Wildman–Crippen MR) is 75.5 cm³/mol. The number of amides is 1.